The molecule has 18 heteroatoms. The van der Waals surface area contributed by atoms with E-state index in [1.165, 1.54) is 21.3 Å². The van der Waals surface area contributed by atoms with E-state index in [4.69, 9.17) is 31.3 Å². The van der Waals surface area contributed by atoms with Crippen molar-refractivity contribution in [3.8, 4) is 0 Å². The molecule has 0 aliphatic heterocycles. The highest BCUT2D eigenvalue weighted by molar-refractivity contribution is 9.09. The molecule has 0 aliphatic carbocycles. The fourth-order valence-corrected chi connectivity index (χ4v) is 2.25. The van der Waals surface area contributed by atoms with E-state index in [9.17, 15) is 28.8 Å². The van der Waals surface area contributed by atoms with Crippen molar-refractivity contribution in [3.05, 3.63) is 0 Å². The number of hydrogen-bond donors (Lipinski definition) is 2. The molecule has 0 heterocycles. The highest BCUT2D eigenvalue weighted by atomic mass is 79.9. The first kappa shape index (κ1) is 51.7. The molecule has 0 fully saturated rings. The van der Waals surface area contributed by atoms with Crippen LogP contribution in [0.15, 0.2) is 0 Å². The van der Waals surface area contributed by atoms with Crippen LogP contribution < -0.4 is 0 Å². The summed E-state index contributed by atoms with van der Waals surface area (Å²) in [6.07, 6.45) is 2.10. The molecule has 0 aliphatic rings. The third-order valence-electron chi connectivity index (χ3n) is 3.53. The van der Waals surface area contributed by atoms with Crippen LogP contribution in [0, 0.1) is 0 Å². The van der Waals surface area contributed by atoms with Gasteiger partial charge in [0.25, 0.3) is 0 Å². The second-order valence-electron chi connectivity index (χ2n) is 6.93. The fourth-order valence-electron chi connectivity index (χ4n) is 1.51. The highest BCUT2D eigenvalue weighted by Crippen LogP contribution is 1.97. The molecule has 0 amide bonds. The predicted molar refractivity (Wildman–Crippen MR) is 175 cm³/mol. The van der Waals surface area contributed by atoms with Gasteiger partial charge in [0, 0.05) is 34.3 Å². The summed E-state index contributed by atoms with van der Waals surface area (Å²) in [4.78, 5) is 63.1. The van der Waals surface area contributed by atoms with Crippen molar-refractivity contribution in [1.82, 2.24) is 0 Å². The van der Waals surface area contributed by atoms with E-state index >= 15 is 0 Å². The van der Waals surface area contributed by atoms with E-state index < -0.39 is 23.2 Å². The molecule has 0 saturated heterocycles. The maximum absolute atomic E-state index is 10.9. The Morgan fingerprint density at radius 1 is 0.512 bits per heavy atom. The molecule has 0 aromatic heterocycles. The van der Waals surface area contributed by atoms with Gasteiger partial charge in [0.1, 0.15) is 6.61 Å². The van der Waals surface area contributed by atoms with Gasteiger partial charge in [-0.25, -0.2) is 0 Å². The minimum atomic E-state index is -0.514. The number of carbonyl (C=O) groups is 6. The van der Waals surface area contributed by atoms with Gasteiger partial charge in [0.2, 0.25) is 5.24 Å². The quantitative estimate of drug-likeness (QED) is 0.0702. The van der Waals surface area contributed by atoms with Gasteiger partial charge in [-0.3, -0.25) is 28.8 Å². The summed E-state index contributed by atoms with van der Waals surface area (Å²) in [5.41, 5.74) is 0. The summed E-state index contributed by atoms with van der Waals surface area (Å²) < 4.78 is 22.5. The minimum absolute atomic E-state index is 0.0498. The smallest absolute Gasteiger partial charge is 0.306 e. The highest BCUT2D eigenvalue weighted by Gasteiger charge is 2.08. The second kappa shape index (κ2) is 45.6. The van der Waals surface area contributed by atoms with Crippen molar-refractivity contribution in [1.29, 1.82) is 0 Å². The number of aliphatic hydroxyl groups is 2. The third kappa shape index (κ3) is 61.0. The van der Waals surface area contributed by atoms with Gasteiger partial charge in [-0.15, -0.1) is 0 Å². The lowest BCUT2D eigenvalue weighted by atomic mass is 10.3. The van der Waals surface area contributed by atoms with Crippen LogP contribution >= 0.6 is 75.3 Å². The van der Waals surface area contributed by atoms with E-state index in [1.807, 2.05) is 0 Å². The summed E-state index contributed by atoms with van der Waals surface area (Å²) in [6.45, 7) is 1.26. The molecule has 0 saturated carbocycles. The standard InChI is InChI=1S/C8H13BrO4.C7H11BrO4.C5H7ClO3.C3H7BrO.C2H5BrO/c1-12-7(10)3-4-8(11)13-6-2-5-9;1-11-6(9)2-3-7(10)12-5-4-8;1-9-5(8)3-2-4(6)7;4-2-1-3-5;3-1-2-4/h2-6H2,1H3;2-5H2,1H3;2-3H2,1H3;5H,1-3H2;4H,1-2H2. The zero-order valence-corrected chi connectivity index (χ0v) is 31.7. The Balaban J connectivity index is -0.000000148. The Kier molecular flexibility index (Phi) is 54.8. The molecule has 0 aromatic rings. The number of hydrogen-bond acceptors (Lipinski definition) is 13. The van der Waals surface area contributed by atoms with Crippen LogP contribution in [0.5, 0.6) is 0 Å². The van der Waals surface area contributed by atoms with Gasteiger partial charge >= 0.3 is 29.8 Å². The van der Waals surface area contributed by atoms with Gasteiger partial charge in [0.05, 0.1) is 66.6 Å². The molecule has 2 N–H and O–H groups in total. The SMILES string of the molecule is COC(=O)CCC(=O)Cl.COC(=O)CCC(=O)OCCBr.COC(=O)CCC(=O)OCCCBr.OCCBr.OCCCBr. The number of aliphatic hydroxyl groups excluding tert-OH is 2. The van der Waals surface area contributed by atoms with E-state index in [0.29, 0.717) is 30.5 Å². The fraction of sp³-hybridized carbons (Fsp3) is 0.760. The van der Waals surface area contributed by atoms with Crippen LogP contribution in [0.25, 0.3) is 0 Å². The molecule has 0 aromatic carbocycles. The summed E-state index contributed by atoms with van der Waals surface area (Å²) >= 11 is 17.4. The van der Waals surface area contributed by atoms with E-state index in [0.717, 1.165) is 23.5 Å². The summed E-state index contributed by atoms with van der Waals surface area (Å²) in [5.74, 6) is -1.93. The average Bonchev–Trinajstić information content (AvgIpc) is 3.01. The van der Waals surface area contributed by atoms with Crippen molar-refractivity contribution < 1.29 is 62.7 Å². The Morgan fingerprint density at radius 3 is 1.12 bits per heavy atom. The maximum Gasteiger partial charge on any atom is 0.306 e. The molecule has 13 nitrogen and oxygen atoms in total. The normalized spacial score (nSPS) is 8.88. The number of methoxy groups -OCH3 is 3. The van der Waals surface area contributed by atoms with Crippen LogP contribution in [0.2, 0.25) is 0 Å². The second-order valence-corrected chi connectivity index (χ2v) is 10.5. The van der Waals surface area contributed by atoms with Gasteiger partial charge in [0.15, 0.2) is 0 Å². The maximum atomic E-state index is 10.9. The molecule has 0 atom stereocenters. The Bertz CT molecular complexity index is 698. The molecular weight excluding hydrogens is 863 g/mol. The third-order valence-corrected chi connectivity index (χ3v) is 5.52. The van der Waals surface area contributed by atoms with Gasteiger partial charge in [-0.2, -0.15) is 0 Å². The Labute approximate surface area is 291 Å². The van der Waals surface area contributed by atoms with Crippen molar-refractivity contribution >= 4 is 110 Å². The zero-order valence-electron chi connectivity index (χ0n) is 24.6. The monoisotopic (exact) mass is 902 g/mol. The minimum Gasteiger partial charge on any atom is -0.469 e. The Morgan fingerprint density at radius 2 is 0.860 bits per heavy atom. The van der Waals surface area contributed by atoms with Crippen LogP contribution in [0.3, 0.4) is 0 Å². The van der Waals surface area contributed by atoms with Crippen molar-refractivity contribution in [2.75, 3.05) is 69.1 Å². The van der Waals surface area contributed by atoms with Gasteiger partial charge in [-0.05, 0) is 24.4 Å². The first-order chi connectivity index (χ1) is 20.4. The zero-order chi connectivity index (χ0) is 34.3. The molecule has 0 unspecified atom stereocenters. The number of alkyl halides is 4. The number of halogens is 5. The van der Waals surface area contributed by atoms with Crippen LogP contribution in [-0.4, -0.2) is 114 Å². The van der Waals surface area contributed by atoms with Gasteiger partial charge in [-0.1, -0.05) is 63.7 Å². The molecule has 0 radical (unpaired) electrons. The molecule has 0 bridgehead atoms. The van der Waals surface area contributed by atoms with Crippen LogP contribution in [0.1, 0.15) is 51.4 Å². The lowest BCUT2D eigenvalue weighted by molar-refractivity contribution is -0.148. The van der Waals surface area contributed by atoms with Crippen molar-refractivity contribution in [2.45, 2.75) is 51.4 Å². The first-order valence-electron chi connectivity index (χ1n) is 12.6. The molecule has 0 rings (SSSR count). The predicted octanol–water partition coefficient (Wildman–Crippen LogP) is 3.99. The molecule has 43 heavy (non-hydrogen) atoms. The van der Waals surface area contributed by atoms with Crippen molar-refractivity contribution in [3.63, 3.8) is 0 Å². The number of carbonyl (C=O) groups excluding carboxylic acids is 6. The number of rotatable bonds is 17. The van der Waals surface area contributed by atoms with E-state index in [-0.39, 0.29) is 57.1 Å². The summed E-state index contributed by atoms with van der Waals surface area (Å²) in [5, 5.41) is 18.4. The van der Waals surface area contributed by atoms with E-state index in [1.54, 1.807) is 0 Å². The van der Waals surface area contributed by atoms with Crippen molar-refractivity contribution in [2.24, 2.45) is 0 Å². The van der Waals surface area contributed by atoms with Crippen LogP contribution in [-0.2, 0) is 52.5 Å². The number of esters is 5. The van der Waals surface area contributed by atoms with Gasteiger partial charge < -0.3 is 33.9 Å². The largest absolute Gasteiger partial charge is 0.469 e. The molecule has 256 valence electrons. The number of ether oxygens (including phenoxy) is 5. The lowest BCUT2D eigenvalue weighted by Crippen LogP contribution is -2.09. The lowest BCUT2D eigenvalue weighted by Gasteiger charge is -2.02. The first-order valence-corrected chi connectivity index (χ1v) is 17.4. The summed E-state index contributed by atoms with van der Waals surface area (Å²) in [7, 11) is 3.84. The van der Waals surface area contributed by atoms with E-state index in [2.05, 4.69) is 77.9 Å². The topological polar surface area (TPSA) is 189 Å². The Hall–Kier alpha value is -0.850. The average molecular weight is 907 g/mol. The molecular formula is C25H43Br4ClO13. The summed E-state index contributed by atoms with van der Waals surface area (Å²) in [6, 6.07) is 0. The van der Waals surface area contributed by atoms with Crippen LogP contribution in [0.4, 0.5) is 0 Å². The molecule has 0 spiro atoms.